The highest BCUT2D eigenvalue weighted by Crippen LogP contribution is 2.29. The third-order valence-corrected chi connectivity index (χ3v) is 3.33. The summed E-state index contributed by atoms with van der Waals surface area (Å²) in [5.74, 6) is 0.523. The van der Waals surface area contributed by atoms with Crippen molar-refractivity contribution in [2.24, 2.45) is 0 Å². The lowest BCUT2D eigenvalue weighted by molar-refractivity contribution is -0.146. The number of hydrogen-bond donors (Lipinski definition) is 1. The molecule has 1 unspecified atom stereocenters. The van der Waals surface area contributed by atoms with Gasteiger partial charge in [-0.05, 0) is 18.6 Å². The van der Waals surface area contributed by atoms with E-state index in [2.05, 4.69) is 11.2 Å². The normalized spacial score (nSPS) is 16.3. The molecule has 0 bridgehead atoms. The van der Waals surface area contributed by atoms with Crippen LogP contribution in [0.25, 0.3) is 0 Å². The summed E-state index contributed by atoms with van der Waals surface area (Å²) in [5.41, 5.74) is 8.42. The molecule has 2 aromatic rings. The Bertz CT molecular complexity index is 666. The number of carbonyl (C=O) groups excluding carboxylic acids is 1. The van der Waals surface area contributed by atoms with E-state index in [0.29, 0.717) is 5.69 Å². The van der Waals surface area contributed by atoms with Crippen molar-refractivity contribution in [3.8, 4) is 5.75 Å². The number of aryl methyl sites for hydroxylation is 1. The molecule has 0 aliphatic carbocycles. The van der Waals surface area contributed by atoms with Crippen LogP contribution in [0.2, 0.25) is 0 Å². The van der Waals surface area contributed by atoms with E-state index >= 15 is 0 Å². The summed E-state index contributed by atoms with van der Waals surface area (Å²) >= 11 is 0. The Morgan fingerprint density at radius 1 is 1.57 bits per heavy atom. The molecule has 0 amide bonds. The Morgan fingerprint density at radius 2 is 2.43 bits per heavy atom. The number of hydrogen-bond acceptors (Lipinski definition) is 5. The smallest absolute Gasteiger partial charge is 0.327 e. The van der Waals surface area contributed by atoms with Crippen LogP contribution >= 0.6 is 0 Å². The minimum absolute atomic E-state index is 0.0516. The summed E-state index contributed by atoms with van der Waals surface area (Å²) in [6.07, 6.45) is 3.73. The molecular weight excluding hydrogens is 270 g/mol. The number of ether oxygens (including phenoxy) is 2. The fourth-order valence-corrected chi connectivity index (χ4v) is 2.37. The van der Waals surface area contributed by atoms with Crippen molar-refractivity contribution in [3.63, 3.8) is 0 Å². The first-order chi connectivity index (χ1) is 10.1. The van der Waals surface area contributed by atoms with Gasteiger partial charge in [-0.15, -0.1) is 0 Å². The van der Waals surface area contributed by atoms with Crippen molar-refractivity contribution in [2.45, 2.75) is 26.0 Å². The number of nitrogen functional groups attached to an aromatic ring is 1. The lowest BCUT2D eigenvalue weighted by Crippen LogP contribution is -2.24. The topological polar surface area (TPSA) is 79.4 Å². The molecule has 0 saturated carbocycles. The molecule has 1 aliphatic rings. The number of esters is 1. The van der Waals surface area contributed by atoms with Gasteiger partial charge >= 0.3 is 5.97 Å². The molecule has 21 heavy (non-hydrogen) atoms. The fraction of sp³-hybridized carbons (Fsp3) is 0.333. The molecule has 0 fully saturated rings. The van der Waals surface area contributed by atoms with E-state index in [0.717, 1.165) is 17.7 Å². The van der Waals surface area contributed by atoms with Crippen LogP contribution in [0.15, 0.2) is 30.6 Å². The minimum atomic E-state index is -0.353. The van der Waals surface area contributed by atoms with Crippen molar-refractivity contribution < 1.29 is 14.3 Å². The van der Waals surface area contributed by atoms with Gasteiger partial charge in [-0.2, -0.15) is 5.10 Å². The molecule has 0 radical (unpaired) electrons. The summed E-state index contributed by atoms with van der Waals surface area (Å²) in [5, 5.41) is 3.94. The number of nitrogens with zero attached hydrogens (tertiary/aromatic N) is 2. The molecule has 0 saturated heterocycles. The van der Waals surface area contributed by atoms with E-state index in [-0.39, 0.29) is 25.2 Å². The second-order valence-electron chi connectivity index (χ2n) is 5.21. The van der Waals surface area contributed by atoms with Crippen molar-refractivity contribution >= 4 is 11.7 Å². The van der Waals surface area contributed by atoms with Gasteiger partial charge in [0.2, 0.25) is 0 Å². The van der Waals surface area contributed by atoms with Crippen LogP contribution in [0, 0.1) is 6.92 Å². The Morgan fingerprint density at radius 3 is 3.19 bits per heavy atom. The van der Waals surface area contributed by atoms with E-state index < -0.39 is 0 Å². The summed E-state index contributed by atoms with van der Waals surface area (Å²) < 4.78 is 12.4. The molecule has 3 rings (SSSR count). The lowest BCUT2D eigenvalue weighted by atomic mass is 10.1. The zero-order valence-corrected chi connectivity index (χ0v) is 11.8. The summed E-state index contributed by atoms with van der Waals surface area (Å²) in [4.78, 5) is 11.7. The average Bonchev–Trinajstić information content (AvgIpc) is 3.02. The van der Waals surface area contributed by atoms with Gasteiger partial charge in [-0.1, -0.05) is 17.7 Å². The fourth-order valence-electron chi connectivity index (χ4n) is 2.37. The Labute approximate surface area is 122 Å². The first kappa shape index (κ1) is 13.5. The monoisotopic (exact) mass is 287 g/mol. The summed E-state index contributed by atoms with van der Waals surface area (Å²) in [7, 11) is 0. The van der Waals surface area contributed by atoms with Gasteiger partial charge in [0.25, 0.3) is 0 Å². The molecule has 6 nitrogen and oxygen atoms in total. The molecule has 1 aliphatic heterocycles. The summed E-state index contributed by atoms with van der Waals surface area (Å²) in [6.45, 7) is 2.34. The number of aromatic nitrogens is 2. The molecule has 1 aromatic carbocycles. The van der Waals surface area contributed by atoms with Gasteiger partial charge < -0.3 is 15.2 Å². The van der Waals surface area contributed by atoms with E-state index in [1.54, 1.807) is 6.20 Å². The minimum Gasteiger partial charge on any atom is -0.486 e. The maximum atomic E-state index is 11.7. The zero-order valence-electron chi connectivity index (χ0n) is 11.8. The van der Waals surface area contributed by atoms with E-state index in [1.807, 2.05) is 19.1 Å². The van der Waals surface area contributed by atoms with Crippen LogP contribution in [0.4, 0.5) is 5.69 Å². The molecule has 1 atom stereocenters. The van der Waals surface area contributed by atoms with E-state index in [9.17, 15) is 4.79 Å². The number of rotatable bonds is 4. The standard InChI is InChI=1S/C15H17N3O3/c1-10-2-3-14-11(4-10)5-13(21-14)9-20-15(19)8-18-7-12(16)6-17-18/h2-4,6-7,13H,5,8-9,16H2,1H3. The van der Waals surface area contributed by atoms with Crippen molar-refractivity contribution in [3.05, 3.63) is 41.7 Å². The highest BCUT2D eigenvalue weighted by atomic mass is 16.6. The Kier molecular flexibility index (Phi) is 3.51. The average molecular weight is 287 g/mol. The second-order valence-corrected chi connectivity index (χ2v) is 5.21. The third kappa shape index (κ3) is 3.16. The second kappa shape index (κ2) is 5.47. The third-order valence-electron chi connectivity index (χ3n) is 3.33. The SMILES string of the molecule is Cc1ccc2c(c1)CC(COC(=O)Cn1cc(N)cn1)O2. The Hall–Kier alpha value is -2.50. The molecular formula is C15H17N3O3. The van der Waals surface area contributed by atoms with Gasteiger partial charge in [0, 0.05) is 12.6 Å². The largest absolute Gasteiger partial charge is 0.486 e. The zero-order chi connectivity index (χ0) is 14.8. The van der Waals surface area contributed by atoms with Crippen LogP contribution in [0.3, 0.4) is 0 Å². The maximum Gasteiger partial charge on any atom is 0.327 e. The van der Waals surface area contributed by atoms with Gasteiger partial charge in [0.05, 0.1) is 11.9 Å². The molecule has 6 heteroatoms. The first-order valence-corrected chi connectivity index (χ1v) is 6.80. The molecule has 110 valence electrons. The van der Waals surface area contributed by atoms with Crippen molar-refractivity contribution in [1.82, 2.24) is 9.78 Å². The number of anilines is 1. The van der Waals surface area contributed by atoms with E-state index in [1.165, 1.54) is 16.4 Å². The van der Waals surface area contributed by atoms with Crippen LogP contribution in [-0.2, 0) is 22.5 Å². The highest BCUT2D eigenvalue weighted by molar-refractivity contribution is 5.69. The van der Waals surface area contributed by atoms with Gasteiger partial charge in [0.15, 0.2) is 0 Å². The molecule has 1 aromatic heterocycles. The first-order valence-electron chi connectivity index (χ1n) is 6.80. The highest BCUT2D eigenvalue weighted by Gasteiger charge is 2.24. The van der Waals surface area contributed by atoms with Crippen molar-refractivity contribution in [1.29, 1.82) is 0 Å². The predicted molar refractivity (Wildman–Crippen MR) is 76.9 cm³/mol. The van der Waals surface area contributed by atoms with Crippen LogP contribution in [0.1, 0.15) is 11.1 Å². The Balaban J connectivity index is 1.49. The molecule has 2 heterocycles. The molecule has 2 N–H and O–H groups in total. The summed E-state index contributed by atoms with van der Waals surface area (Å²) in [6, 6.07) is 6.07. The lowest BCUT2D eigenvalue weighted by Gasteiger charge is -2.11. The van der Waals surface area contributed by atoms with Crippen LogP contribution in [-0.4, -0.2) is 28.5 Å². The van der Waals surface area contributed by atoms with Gasteiger partial charge in [0.1, 0.15) is 25.0 Å². The van der Waals surface area contributed by atoms with Crippen LogP contribution in [0.5, 0.6) is 5.75 Å². The quantitative estimate of drug-likeness (QED) is 0.858. The number of benzene rings is 1. The maximum absolute atomic E-state index is 11.7. The van der Waals surface area contributed by atoms with Crippen LogP contribution < -0.4 is 10.5 Å². The number of nitrogens with two attached hydrogens (primary N) is 1. The number of fused-ring (bicyclic) bond motifs is 1. The van der Waals surface area contributed by atoms with Gasteiger partial charge in [-0.25, -0.2) is 0 Å². The van der Waals surface area contributed by atoms with Gasteiger partial charge in [-0.3, -0.25) is 9.48 Å². The van der Waals surface area contributed by atoms with Crippen molar-refractivity contribution in [2.75, 3.05) is 12.3 Å². The number of carbonyl (C=O) groups is 1. The van der Waals surface area contributed by atoms with E-state index in [4.69, 9.17) is 15.2 Å². The molecule has 0 spiro atoms. The predicted octanol–water partition coefficient (Wildman–Crippen LogP) is 1.32.